The van der Waals surface area contributed by atoms with E-state index in [1.165, 1.54) is 26.4 Å². The van der Waals surface area contributed by atoms with Gasteiger partial charge in [-0.1, -0.05) is 0 Å². The summed E-state index contributed by atoms with van der Waals surface area (Å²) in [7, 11) is 2.88. The minimum atomic E-state index is -3.67. The van der Waals surface area contributed by atoms with Gasteiger partial charge in [0.2, 0.25) is 10.0 Å². The molecule has 1 aromatic rings. The Hall–Kier alpha value is -1.35. The highest BCUT2D eigenvalue weighted by Gasteiger charge is 2.20. The Balaban J connectivity index is 3.12. The Kier molecular flexibility index (Phi) is 6.41. The molecule has 0 atom stereocenters. The Morgan fingerprint density at radius 2 is 1.90 bits per heavy atom. The van der Waals surface area contributed by atoms with Gasteiger partial charge in [-0.2, -0.15) is 0 Å². The van der Waals surface area contributed by atoms with Crippen molar-refractivity contribution < 1.29 is 23.0 Å². The lowest BCUT2D eigenvalue weighted by Crippen LogP contribution is -2.31. The summed E-state index contributed by atoms with van der Waals surface area (Å²) in [6.45, 7) is 0.526. The van der Waals surface area contributed by atoms with Crippen LogP contribution in [0, 0.1) is 0 Å². The van der Waals surface area contributed by atoms with Crippen LogP contribution in [0.3, 0.4) is 0 Å². The molecule has 120 valence electrons. The largest absolute Gasteiger partial charge is 0.493 e. The monoisotopic (exact) mass is 318 g/mol. The number of hydrogen-bond donors (Lipinski definition) is 2. The van der Waals surface area contributed by atoms with Gasteiger partial charge >= 0.3 is 0 Å². The van der Waals surface area contributed by atoms with E-state index in [2.05, 4.69) is 4.72 Å². The highest BCUT2D eigenvalue weighted by molar-refractivity contribution is 7.89. The fourth-order valence-corrected chi connectivity index (χ4v) is 2.86. The number of rotatable bonds is 8. The van der Waals surface area contributed by atoms with Crippen molar-refractivity contribution in [2.24, 2.45) is 0 Å². The van der Waals surface area contributed by atoms with Crippen LogP contribution in [0.2, 0.25) is 0 Å². The molecule has 7 nitrogen and oxygen atoms in total. The number of methoxy groups -OCH3 is 2. The molecule has 0 radical (unpaired) electrons. The highest BCUT2D eigenvalue weighted by Crippen LogP contribution is 2.34. The van der Waals surface area contributed by atoms with Crippen molar-refractivity contribution in [3.63, 3.8) is 0 Å². The molecule has 0 saturated heterocycles. The summed E-state index contributed by atoms with van der Waals surface area (Å²) in [5.41, 5.74) is 0.352. The zero-order valence-electron chi connectivity index (χ0n) is 12.7. The predicted octanol–water partition coefficient (Wildman–Crippen LogP) is 0.0360. The maximum absolute atomic E-state index is 12.2. The van der Waals surface area contributed by atoms with Crippen molar-refractivity contribution >= 4 is 10.0 Å². The van der Waals surface area contributed by atoms with Crippen molar-refractivity contribution in [2.45, 2.75) is 11.5 Å². The molecule has 21 heavy (non-hydrogen) atoms. The van der Waals surface area contributed by atoms with E-state index in [0.29, 0.717) is 17.9 Å². The summed E-state index contributed by atoms with van der Waals surface area (Å²) in [5.74, 6) is 0.587. The van der Waals surface area contributed by atoms with Gasteiger partial charge in [0, 0.05) is 24.7 Å². The van der Waals surface area contributed by atoms with Gasteiger partial charge in [0.15, 0.2) is 11.5 Å². The maximum atomic E-state index is 12.2. The first-order valence-corrected chi connectivity index (χ1v) is 7.84. The number of ether oxygens (including phenoxy) is 2. The molecule has 0 aromatic heterocycles. The smallest absolute Gasteiger partial charge is 0.240 e. The summed E-state index contributed by atoms with van der Waals surface area (Å²) in [5, 5.41) is 9.35. The molecule has 8 heteroatoms. The molecule has 0 heterocycles. The first kappa shape index (κ1) is 17.7. The van der Waals surface area contributed by atoms with E-state index in [4.69, 9.17) is 9.47 Å². The molecule has 0 aliphatic rings. The topological polar surface area (TPSA) is 88.1 Å². The molecule has 0 aliphatic carbocycles. The summed E-state index contributed by atoms with van der Waals surface area (Å²) in [4.78, 5) is 1.90. The minimum absolute atomic E-state index is 0.0305. The molecule has 2 N–H and O–H groups in total. The van der Waals surface area contributed by atoms with Crippen LogP contribution in [0.15, 0.2) is 17.0 Å². The molecule has 0 amide bonds. The fourth-order valence-electron chi connectivity index (χ4n) is 1.77. The van der Waals surface area contributed by atoms with Gasteiger partial charge in [0.05, 0.1) is 25.7 Å². The number of aliphatic hydroxyl groups is 1. The van der Waals surface area contributed by atoms with Gasteiger partial charge in [-0.15, -0.1) is 0 Å². The molecule has 0 aliphatic heterocycles. The molecule has 1 rings (SSSR count). The molecule has 0 saturated carbocycles. The first-order valence-electron chi connectivity index (χ1n) is 6.36. The van der Waals surface area contributed by atoms with Crippen LogP contribution < -0.4 is 14.2 Å². The zero-order chi connectivity index (χ0) is 16.0. The lowest BCUT2D eigenvalue weighted by atomic mass is 10.2. The third-order valence-electron chi connectivity index (χ3n) is 2.86. The van der Waals surface area contributed by atoms with Gasteiger partial charge < -0.3 is 19.5 Å². The molecule has 0 bridgehead atoms. The average Bonchev–Trinajstić information content (AvgIpc) is 2.44. The quantitative estimate of drug-likeness (QED) is 0.703. The molecule has 1 aromatic carbocycles. The lowest BCUT2D eigenvalue weighted by Gasteiger charge is -2.15. The van der Waals surface area contributed by atoms with Crippen molar-refractivity contribution in [3.05, 3.63) is 17.7 Å². The van der Waals surface area contributed by atoms with Crippen LogP contribution in [-0.4, -0.2) is 59.8 Å². The third kappa shape index (κ3) is 4.57. The van der Waals surface area contributed by atoms with Crippen molar-refractivity contribution in [1.29, 1.82) is 0 Å². The minimum Gasteiger partial charge on any atom is -0.493 e. The fraction of sp³-hybridized carbons (Fsp3) is 0.538. The standard InChI is InChI=1S/C13H22N2O5S/c1-15(2)6-5-14-21(17,18)11-7-10(9-16)13(20-4)12(8-11)19-3/h7-8,14,16H,5-6,9H2,1-4H3. The molecular weight excluding hydrogens is 296 g/mol. The van der Waals surface area contributed by atoms with E-state index in [0.717, 1.165) is 0 Å². The van der Waals surface area contributed by atoms with E-state index in [9.17, 15) is 13.5 Å². The normalized spacial score (nSPS) is 11.7. The summed E-state index contributed by atoms with van der Waals surface area (Å²) < 4.78 is 37.2. The van der Waals surface area contributed by atoms with Gasteiger partial charge in [0.1, 0.15) is 0 Å². The predicted molar refractivity (Wildman–Crippen MR) is 79.2 cm³/mol. The molecule has 0 spiro atoms. The summed E-state index contributed by atoms with van der Waals surface area (Å²) >= 11 is 0. The third-order valence-corrected chi connectivity index (χ3v) is 4.30. The van der Waals surface area contributed by atoms with Crippen LogP contribution in [-0.2, 0) is 16.6 Å². The Labute approximate surface area is 125 Å². The SMILES string of the molecule is COc1cc(S(=O)(=O)NCCN(C)C)cc(CO)c1OC. The maximum Gasteiger partial charge on any atom is 0.240 e. The Morgan fingerprint density at radius 1 is 1.24 bits per heavy atom. The van der Waals surface area contributed by atoms with Gasteiger partial charge in [-0.3, -0.25) is 0 Å². The number of sulfonamides is 1. The van der Waals surface area contributed by atoms with E-state index in [1.54, 1.807) is 0 Å². The van der Waals surface area contributed by atoms with Gasteiger partial charge in [0.25, 0.3) is 0 Å². The van der Waals surface area contributed by atoms with Crippen molar-refractivity contribution in [1.82, 2.24) is 9.62 Å². The van der Waals surface area contributed by atoms with Crippen molar-refractivity contribution in [3.8, 4) is 11.5 Å². The Bertz CT molecular complexity index is 547. The number of nitrogens with zero attached hydrogens (tertiary/aromatic N) is 1. The van der Waals surface area contributed by atoms with E-state index < -0.39 is 10.0 Å². The second-order valence-corrected chi connectivity index (χ2v) is 6.44. The van der Waals surface area contributed by atoms with Crippen LogP contribution >= 0.6 is 0 Å². The van der Waals surface area contributed by atoms with Crippen LogP contribution in [0.4, 0.5) is 0 Å². The lowest BCUT2D eigenvalue weighted by molar-refractivity contribution is 0.269. The van der Waals surface area contributed by atoms with Gasteiger partial charge in [-0.05, 0) is 20.2 Å². The highest BCUT2D eigenvalue weighted by atomic mass is 32.2. The van der Waals surface area contributed by atoms with Gasteiger partial charge in [-0.25, -0.2) is 13.1 Å². The number of nitrogens with one attached hydrogen (secondary N) is 1. The molecule has 0 unspecified atom stereocenters. The zero-order valence-corrected chi connectivity index (χ0v) is 13.5. The molecular formula is C13H22N2O5S. The average molecular weight is 318 g/mol. The number of aliphatic hydroxyl groups excluding tert-OH is 1. The van der Waals surface area contributed by atoms with E-state index in [-0.39, 0.29) is 23.8 Å². The number of benzene rings is 1. The van der Waals surface area contributed by atoms with Crippen molar-refractivity contribution in [2.75, 3.05) is 41.4 Å². The number of likely N-dealkylation sites (N-methyl/N-ethyl adjacent to an activating group) is 1. The van der Waals surface area contributed by atoms with Crippen LogP contribution in [0.1, 0.15) is 5.56 Å². The Morgan fingerprint density at radius 3 is 2.38 bits per heavy atom. The second-order valence-electron chi connectivity index (χ2n) is 4.68. The van der Waals surface area contributed by atoms with E-state index >= 15 is 0 Å². The van der Waals surface area contributed by atoms with Crippen LogP contribution in [0.5, 0.6) is 11.5 Å². The second kappa shape index (κ2) is 7.60. The van der Waals surface area contributed by atoms with E-state index in [1.807, 2.05) is 19.0 Å². The number of hydrogen-bond acceptors (Lipinski definition) is 6. The summed E-state index contributed by atoms with van der Waals surface area (Å²) in [6, 6.07) is 2.75. The first-order chi connectivity index (χ1) is 9.85. The molecule has 0 fully saturated rings. The summed E-state index contributed by atoms with van der Waals surface area (Å²) in [6.07, 6.45) is 0. The van der Waals surface area contributed by atoms with Crippen LogP contribution in [0.25, 0.3) is 0 Å².